The zero-order valence-corrected chi connectivity index (χ0v) is 9.37. The summed E-state index contributed by atoms with van der Waals surface area (Å²) in [5.41, 5.74) is 6.43. The maximum absolute atomic E-state index is 12.0. The van der Waals surface area contributed by atoms with Crippen molar-refractivity contribution in [2.45, 2.75) is 38.9 Å². The Balaban J connectivity index is 2.61. The highest BCUT2D eigenvalue weighted by Gasteiger charge is 2.28. The molecular formula is C9H13F3N2S. The molecule has 0 aliphatic rings. The lowest BCUT2D eigenvalue weighted by Crippen LogP contribution is -2.15. The summed E-state index contributed by atoms with van der Waals surface area (Å²) in [4.78, 5) is 4.89. The van der Waals surface area contributed by atoms with Gasteiger partial charge in [-0.2, -0.15) is 13.2 Å². The number of hydrogen-bond donors (Lipinski definition) is 1. The van der Waals surface area contributed by atoms with Crippen LogP contribution in [0.15, 0.2) is 0 Å². The molecule has 0 aromatic carbocycles. The number of nitrogens with two attached hydrogens (primary N) is 1. The minimum absolute atomic E-state index is 0.0774. The van der Waals surface area contributed by atoms with Gasteiger partial charge in [-0.3, -0.25) is 0 Å². The number of thiazole rings is 1. The first-order valence-corrected chi connectivity index (χ1v) is 5.37. The SMILES string of the molecule is Cc1nc(C)c(C(N)CCC(F)(F)F)s1. The Morgan fingerprint density at radius 2 is 2.00 bits per heavy atom. The van der Waals surface area contributed by atoms with E-state index in [-0.39, 0.29) is 6.42 Å². The van der Waals surface area contributed by atoms with Gasteiger partial charge in [0.25, 0.3) is 0 Å². The minimum Gasteiger partial charge on any atom is -0.323 e. The first kappa shape index (κ1) is 12.4. The molecule has 0 aliphatic carbocycles. The van der Waals surface area contributed by atoms with Gasteiger partial charge in [0.15, 0.2) is 0 Å². The van der Waals surface area contributed by atoms with Crippen LogP contribution in [0, 0.1) is 13.8 Å². The molecule has 1 aromatic heterocycles. The Morgan fingerprint density at radius 1 is 1.40 bits per heavy atom. The van der Waals surface area contributed by atoms with Crippen molar-refractivity contribution in [1.29, 1.82) is 0 Å². The Labute approximate surface area is 90.3 Å². The summed E-state index contributed by atoms with van der Waals surface area (Å²) in [7, 11) is 0. The average molecular weight is 238 g/mol. The predicted molar refractivity (Wildman–Crippen MR) is 53.8 cm³/mol. The highest BCUT2D eigenvalue weighted by Crippen LogP contribution is 2.30. The van der Waals surface area contributed by atoms with E-state index < -0.39 is 18.6 Å². The first-order chi connectivity index (χ1) is 6.79. The highest BCUT2D eigenvalue weighted by atomic mass is 32.1. The lowest BCUT2D eigenvalue weighted by molar-refractivity contribution is -0.136. The number of hydrogen-bond acceptors (Lipinski definition) is 3. The smallest absolute Gasteiger partial charge is 0.323 e. The molecule has 0 fully saturated rings. The summed E-state index contributed by atoms with van der Waals surface area (Å²) in [6.45, 7) is 3.59. The molecule has 1 aromatic rings. The molecule has 0 amide bonds. The van der Waals surface area contributed by atoms with Crippen LogP contribution < -0.4 is 5.73 Å². The van der Waals surface area contributed by atoms with Crippen molar-refractivity contribution in [3.8, 4) is 0 Å². The number of aryl methyl sites for hydroxylation is 2. The summed E-state index contributed by atoms with van der Waals surface area (Å²) in [5.74, 6) is 0. The summed E-state index contributed by atoms with van der Waals surface area (Å²) in [5, 5.41) is 0.838. The third-order valence-electron chi connectivity index (χ3n) is 2.01. The van der Waals surface area contributed by atoms with Gasteiger partial charge in [0.1, 0.15) is 0 Å². The Kier molecular flexibility index (Phi) is 3.72. The van der Waals surface area contributed by atoms with Crippen LogP contribution in [0.3, 0.4) is 0 Å². The average Bonchev–Trinajstić information content (AvgIpc) is 2.40. The lowest BCUT2D eigenvalue weighted by atomic mass is 10.1. The van der Waals surface area contributed by atoms with E-state index in [0.29, 0.717) is 0 Å². The van der Waals surface area contributed by atoms with Gasteiger partial charge in [0, 0.05) is 17.3 Å². The molecule has 1 unspecified atom stereocenters. The van der Waals surface area contributed by atoms with E-state index in [2.05, 4.69) is 4.98 Å². The molecule has 0 saturated carbocycles. The van der Waals surface area contributed by atoms with E-state index in [1.165, 1.54) is 11.3 Å². The van der Waals surface area contributed by atoms with Gasteiger partial charge in [0.05, 0.1) is 10.7 Å². The van der Waals surface area contributed by atoms with Crippen LogP contribution in [0.4, 0.5) is 13.2 Å². The van der Waals surface area contributed by atoms with Gasteiger partial charge in [-0.1, -0.05) is 0 Å². The van der Waals surface area contributed by atoms with E-state index in [9.17, 15) is 13.2 Å². The van der Waals surface area contributed by atoms with Gasteiger partial charge in [-0.25, -0.2) is 4.98 Å². The molecule has 1 rings (SSSR count). The van der Waals surface area contributed by atoms with Gasteiger partial charge < -0.3 is 5.73 Å². The fourth-order valence-corrected chi connectivity index (χ4v) is 2.30. The van der Waals surface area contributed by atoms with Crippen LogP contribution in [-0.4, -0.2) is 11.2 Å². The molecule has 2 N–H and O–H groups in total. The molecule has 15 heavy (non-hydrogen) atoms. The van der Waals surface area contributed by atoms with Crippen molar-refractivity contribution < 1.29 is 13.2 Å². The fourth-order valence-electron chi connectivity index (χ4n) is 1.34. The number of halogens is 3. The van der Waals surface area contributed by atoms with Gasteiger partial charge >= 0.3 is 6.18 Å². The minimum atomic E-state index is -4.13. The van der Waals surface area contributed by atoms with Gasteiger partial charge in [-0.15, -0.1) is 11.3 Å². The fraction of sp³-hybridized carbons (Fsp3) is 0.667. The second-order valence-corrected chi connectivity index (χ2v) is 4.68. The number of alkyl halides is 3. The monoisotopic (exact) mass is 238 g/mol. The molecular weight excluding hydrogens is 225 g/mol. The first-order valence-electron chi connectivity index (χ1n) is 4.56. The van der Waals surface area contributed by atoms with Crippen molar-refractivity contribution in [1.82, 2.24) is 4.98 Å². The van der Waals surface area contributed by atoms with Crippen molar-refractivity contribution >= 4 is 11.3 Å². The van der Waals surface area contributed by atoms with Crippen molar-refractivity contribution in [2.75, 3.05) is 0 Å². The summed E-state index contributed by atoms with van der Waals surface area (Å²) < 4.78 is 35.9. The molecule has 1 atom stereocenters. The highest BCUT2D eigenvalue weighted by molar-refractivity contribution is 7.11. The van der Waals surface area contributed by atoms with Crippen LogP contribution in [0.1, 0.15) is 34.5 Å². The van der Waals surface area contributed by atoms with E-state index in [0.717, 1.165) is 15.6 Å². The Hall–Kier alpha value is -0.620. The van der Waals surface area contributed by atoms with Crippen LogP contribution >= 0.6 is 11.3 Å². The van der Waals surface area contributed by atoms with Crippen LogP contribution in [0.2, 0.25) is 0 Å². The van der Waals surface area contributed by atoms with E-state index in [1.807, 2.05) is 6.92 Å². The zero-order chi connectivity index (χ0) is 11.6. The quantitative estimate of drug-likeness (QED) is 0.878. The zero-order valence-electron chi connectivity index (χ0n) is 8.56. The second-order valence-electron chi connectivity index (χ2n) is 3.44. The van der Waals surface area contributed by atoms with E-state index in [4.69, 9.17) is 5.73 Å². The predicted octanol–water partition coefficient (Wildman–Crippen LogP) is 3.10. The maximum atomic E-state index is 12.0. The second kappa shape index (κ2) is 4.49. The molecule has 2 nitrogen and oxygen atoms in total. The van der Waals surface area contributed by atoms with Crippen LogP contribution in [0.5, 0.6) is 0 Å². The number of nitrogens with zero attached hydrogens (tertiary/aromatic N) is 1. The molecule has 0 bridgehead atoms. The van der Waals surface area contributed by atoms with Gasteiger partial charge in [-0.05, 0) is 20.3 Å². The molecule has 6 heteroatoms. The molecule has 0 radical (unpaired) electrons. The standard InChI is InChI=1S/C9H13F3N2S/c1-5-8(15-6(2)14-5)7(13)3-4-9(10,11)12/h7H,3-4,13H2,1-2H3. The third kappa shape index (κ3) is 3.79. The summed E-state index contributed by atoms with van der Waals surface area (Å²) in [6.07, 6.45) is -5.05. The van der Waals surface area contributed by atoms with Crippen molar-refractivity contribution in [3.63, 3.8) is 0 Å². The third-order valence-corrected chi connectivity index (χ3v) is 3.22. The molecule has 1 heterocycles. The maximum Gasteiger partial charge on any atom is 0.389 e. The number of rotatable bonds is 3. The normalized spacial score (nSPS) is 14.3. The van der Waals surface area contributed by atoms with Crippen molar-refractivity contribution in [3.05, 3.63) is 15.6 Å². The molecule has 0 aliphatic heterocycles. The largest absolute Gasteiger partial charge is 0.389 e. The number of aromatic nitrogens is 1. The molecule has 0 spiro atoms. The lowest BCUT2D eigenvalue weighted by Gasteiger charge is -2.11. The van der Waals surface area contributed by atoms with Crippen molar-refractivity contribution in [2.24, 2.45) is 5.73 Å². The van der Waals surface area contributed by atoms with E-state index in [1.54, 1.807) is 6.92 Å². The van der Waals surface area contributed by atoms with E-state index >= 15 is 0 Å². The van der Waals surface area contributed by atoms with Crippen LogP contribution in [0.25, 0.3) is 0 Å². The molecule has 0 saturated heterocycles. The summed E-state index contributed by atoms with van der Waals surface area (Å²) >= 11 is 1.37. The molecule has 86 valence electrons. The van der Waals surface area contributed by atoms with Crippen LogP contribution in [-0.2, 0) is 0 Å². The Bertz CT molecular complexity index is 333. The topological polar surface area (TPSA) is 38.9 Å². The Morgan fingerprint density at radius 3 is 2.40 bits per heavy atom. The van der Waals surface area contributed by atoms with Gasteiger partial charge in [0.2, 0.25) is 0 Å². The summed E-state index contributed by atoms with van der Waals surface area (Å²) in [6, 6.07) is -0.558.